The van der Waals surface area contributed by atoms with Crippen molar-refractivity contribution in [1.29, 1.82) is 0 Å². The number of thiol groups is 1. The highest BCUT2D eigenvalue weighted by molar-refractivity contribution is 7.80. The van der Waals surface area contributed by atoms with E-state index >= 15 is 0 Å². The van der Waals surface area contributed by atoms with Crippen LogP contribution in [0.4, 0.5) is 5.82 Å². The summed E-state index contributed by atoms with van der Waals surface area (Å²) in [5.74, 6) is 1.29. The van der Waals surface area contributed by atoms with Gasteiger partial charge in [-0.3, -0.25) is 4.79 Å². The highest BCUT2D eigenvalue weighted by atomic mass is 32.1. The molecule has 0 aliphatic heterocycles. The second-order valence-corrected chi connectivity index (χ2v) is 6.44. The minimum absolute atomic E-state index is 0.0178. The molecule has 0 amide bonds. The second kappa shape index (κ2) is 5.48. The topological polar surface area (TPSA) is 46.9 Å². The molecular formula is C15H21N3OS. The lowest BCUT2D eigenvalue weighted by molar-refractivity contribution is 0.631. The van der Waals surface area contributed by atoms with Gasteiger partial charge in [-0.25, -0.2) is 4.98 Å². The SMILES string of the molecule is Cc1cc2ccn(CCS)c(=O)c2c(NC(C)(C)C)n1. The zero-order valence-electron chi connectivity index (χ0n) is 12.4. The van der Waals surface area contributed by atoms with Crippen LogP contribution in [0.25, 0.3) is 10.8 Å². The molecule has 0 fully saturated rings. The van der Waals surface area contributed by atoms with Gasteiger partial charge in [0.1, 0.15) is 5.82 Å². The Kier molecular flexibility index (Phi) is 4.09. The van der Waals surface area contributed by atoms with Gasteiger partial charge < -0.3 is 9.88 Å². The minimum atomic E-state index is -0.148. The fraction of sp³-hybridized carbons (Fsp3) is 0.467. The molecule has 4 nitrogen and oxygen atoms in total. The molecule has 2 heterocycles. The van der Waals surface area contributed by atoms with E-state index in [0.717, 1.165) is 11.1 Å². The number of anilines is 1. The number of hydrogen-bond acceptors (Lipinski definition) is 4. The van der Waals surface area contributed by atoms with Crippen molar-refractivity contribution in [3.63, 3.8) is 0 Å². The Balaban J connectivity index is 2.71. The lowest BCUT2D eigenvalue weighted by Crippen LogP contribution is -2.29. The van der Waals surface area contributed by atoms with Gasteiger partial charge in [0, 0.05) is 29.7 Å². The summed E-state index contributed by atoms with van der Waals surface area (Å²) >= 11 is 4.19. The predicted octanol–water partition coefficient (Wildman–Crippen LogP) is 2.85. The summed E-state index contributed by atoms with van der Waals surface area (Å²) in [6, 6.07) is 3.90. The summed E-state index contributed by atoms with van der Waals surface area (Å²) in [6.45, 7) is 8.70. The fourth-order valence-corrected chi connectivity index (χ4v) is 2.38. The first-order valence-corrected chi connectivity index (χ1v) is 7.35. The molecular weight excluding hydrogens is 270 g/mol. The van der Waals surface area contributed by atoms with Gasteiger partial charge in [-0.1, -0.05) is 0 Å². The third kappa shape index (κ3) is 3.15. The molecule has 0 radical (unpaired) electrons. The Morgan fingerprint density at radius 1 is 1.40 bits per heavy atom. The van der Waals surface area contributed by atoms with E-state index in [4.69, 9.17) is 0 Å². The third-order valence-corrected chi connectivity index (χ3v) is 3.12. The molecule has 0 bridgehead atoms. The summed E-state index contributed by atoms with van der Waals surface area (Å²) in [4.78, 5) is 17.1. The van der Waals surface area contributed by atoms with Crippen molar-refractivity contribution in [2.24, 2.45) is 0 Å². The second-order valence-electron chi connectivity index (χ2n) is 5.99. The van der Waals surface area contributed by atoms with Crippen LogP contribution in [-0.4, -0.2) is 20.8 Å². The number of fused-ring (bicyclic) bond motifs is 1. The van der Waals surface area contributed by atoms with Gasteiger partial charge in [0.25, 0.3) is 5.56 Å². The van der Waals surface area contributed by atoms with Crippen molar-refractivity contribution in [1.82, 2.24) is 9.55 Å². The predicted molar refractivity (Wildman–Crippen MR) is 88.0 cm³/mol. The van der Waals surface area contributed by atoms with E-state index in [1.165, 1.54) is 0 Å². The molecule has 0 atom stereocenters. The summed E-state index contributed by atoms with van der Waals surface area (Å²) < 4.78 is 1.68. The third-order valence-electron chi connectivity index (χ3n) is 2.92. The number of aromatic nitrogens is 2. The maximum atomic E-state index is 12.6. The average molecular weight is 291 g/mol. The lowest BCUT2D eigenvalue weighted by atomic mass is 10.1. The summed E-state index contributed by atoms with van der Waals surface area (Å²) in [5.41, 5.74) is 0.732. The highest BCUT2D eigenvalue weighted by Gasteiger charge is 2.16. The van der Waals surface area contributed by atoms with Crippen molar-refractivity contribution in [3.05, 3.63) is 34.4 Å². The van der Waals surface area contributed by atoms with Gasteiger partial charge >= 0.3 is 0 Å². The monoisotopic (exact) mass is 291 g/mol. The Morgan fingerprint density at radius 3 is 2.70 bits per heavy atom. The van der Waals surface area contributed by atoms with E-state index in [0.29, 0.717) is 23.5 Å². The molecule has 0 spiro atoms. The Labute approximate surface area is 124 Å². The zero-order chi connectivity index (χ0) is 14.9. The highest BCUT2D eigenvalue weighted by Crippen LogP contribution is 2.22. The van der Waals surface area contributed by atoms with E-state index < -0.39 is 0 Å². The maximum Gasteiger partial charge on any atom is 0.262 e. The van der Waals surface area contributed by atoms with Gasteiger partial charge in [-0.2, -0.15) is 12.6 Å². The maximum absolute atomic E-state index is 12.6. The lowest BCUT2D eigenvalue weighted by Gasteiger charge is -2.22. The number of aryl methyl sites for hydroxylation is 2. The van der Waals surface area contributed by atoms with Crippen molar-refractivity contribution < 1.29 is 0 Å². The van der Waals surface area contributed by atoms with Crippen LogP contribution < -0.4 is 10.9 Å². The first kappa shape index (κ1) is 14.9. The molecule has 1 N–H and O–H groups in total. The van der Waals surface area contributed by atoms with Crippen molar-refractivity contribution in [3.8, 4) is 0 Å². The molecule has 108 valence electrons. The van der Waals surface area contributed by atoms with Crippen LogP contribution in [0.15, 0.2) is 23.1 Å². The largest absolute Gasteiger partial charge is 0.365 e. The number of pyridine rings is 2. The van der Waals surface area contributed by atoms with Crippen LogP contribution in [0.1, 0.15) is 26.5 Å². The molecule has 0 saturated heterocycles. The molecule has 2 aromatic heterocycles. The molecule has 0 aliphatic carbocycles. The molecule has 5 heteroatoms. The molecule has 0 saturated carbocycles. The van der Waals surface area contributed by atoms with E-state index in [9.17, 15) is 4.79 Å². The molecule has 0 unspecified atom stereocenters. The van der Waals surface area contributed by atoms with Crippen LogP contribution in [0.3, 0.4) is 0 Å². The quantitative estimate of drug-likeness (QED) is 0.855. The smallest absolute Gasteiger partial charge is 0.262 e. The first-order valence-electron chi connectivity index (χ1n) is 6.71. The molecule has 2 rings (SSSR count). The van der Waals surface area contributed by atoms with Gasteiger partial charge in [-0.05, 0) is 45.2 Å². The molecule has 0 aromatic carbocycles. The van der Waals surface area contributed by atoms with Crippen LogP contribution >= 0.6 is 12.6 Å². The van der Waals surface area contributed by atoms with Crippen LogP contribution in [-0.2, 0) is 6.54 Å². The first-order chi connectivity index (χ1) is 9.31. The van der Waals surface area contributed by atoms with Crippen LogP contribution in [0.5, 0.6) is 0 Å². The van der Waals surface area contributed by atoms with Crippen molar-refractivity contribution in [2.75, 3.05) is 11.1 Å². The van der Waals surface area contributed by atoms with Gasteiger partial charge in [-0.15, -0.1) is 0 Å². The summed E-state index contributed by atoms with van der Waals surface area (Å²) in [5, 5.41) is 4.90. The Bertz CT molecular complexity index is 686. The number of nitrogens with zero attached hydrogens (tertiary/aromatic N) is 2. The van der Waals surface area contributed by atoms with Gasteiger partial charge in [0.15, 0.2) is 0 Å². The number of nitrogens with one attached hydrogen (secondary N) is 1. The minimum Gasteiger partial charge on any atom is -0.365 e. The standard InChI is InChI=1S/C15H21N3OS/c1-10-9-11-5-6-18(7-8-20)14(19)12(11)13(16-10)17-15(2,3)4/h5-6,9,20H,7-8H2,1-4H3,(H,16,17). The zero-order valence-corrected chi connectivity index (χ0v) is 13.3. The van der Waals surface area contributed by atoms with Gasteiger partial charge in [0.05, 0.1) is 5.39 Å². The van der Waals surface area contributed by atoms with E-state index in [1.54, 1.807) is 4.57 Å². The number of rotatable bonds is 3. The van der Waals surface area contributed by atoms with Crippen LogP contribution in [0.2, 0.25) is 0 Å². The molecule has 0 aliphatic rings. The normalized spacial score (nSPS) is 11.8. The Hall–Kier alpha value is -1.49. The van der Waals surface area contributed by atoms with Crippen molar-refractivity contribution >= 4 is 29.2 Å². The number of hydrogen-bond donors (Lipinski definition) is 2. The van der Waals surface area contributed by atoms with E-state index in [1.807, 2.05) is 25.3 Å². The molecule has 2 aromatic rings. The van der Waals surface area contributed by atoms with Crippen LogP contribution in [0, 0.1) is 6.92 Å². The Morgan fingerprint density at radius 2 is 2.10 bits per heavy atom. The summed E-state index contributed by atoms with van der Waals surface area (Å²) in [7, 11) is 0. The fourth-order valence-electron chi connectivity index (χ4n) is 2.17. The summed E-state index contributed by atoms with van der Waals surface area (Å²) in [6.07, 6.45) is 1.82. The average Bonchev–Trinajstić information content (AvgIpc) is 2.30. The van der Waals surface area contributed by atoms with E-state index in [2.05, 4.69) is 43.7 Å². The van der Waals surface area contributed by atoms with Gasteiger partial charge in [0.2, 0.25) is 0 Å². The van der Waals surface area contributed by atoms with Crippen molar-refractivity contribution in [2.45, 2.75) is 39.8 Å². The molecule has 20 heavy (non-hydrogen) atoms. The van der Waals surface area contributed by atoms with E-state index in [-0.39, 0.29) is 11.1 Å².